The van der Waals surface area contributed by atoms with Gasteiger partial charge >= 0.3 is 6.18 Å². The molecule has 0 saturated carbocycles. The van der Waals surface area contributed by atoms with Crippen molar-refractivity contribution in [2.45, 2.75) is 13.1 Å². The first-order chi connectivity index (χ1) is 9.80. The molecule has 2 N–H and O–H groups in total. The van der Waals surface area contributed by atoms with Crippen molar-refractivity contribution in [2.75, 3.05) is 25.5 Å². The number of rotatable bonds is 6. The Morgan fingerprint density at radius 3 is 2.71 bits per heavy atom. The van der Waals surface area contributed by atoms with E-state index in [-0.39, 0.29) is 12.6 Å². The van der Waals surface area contributed by atoms with Crippen LogP contribution in [0.2, 0.25) is 0 Å². The second-order valence-electron chi connectivity index (χ2n) is 4.13. The van der Waals surface area contributed by atoms with E-state index in [0.29, 0.717) is 18.5 Å². The minimum absolute atomic E-state index is 0.104. The molecule has 1 amide bonds. The maximum atomic E-state index is 11.8. The molecule has 1 heterocycles. The third kappa shape index (κ3) is 7.19. The lowest BCUT2D eigenvalue weighted by Crippen LogP contribution is -2.27. The maximum absolute atomic E-state index is 11.8. The zero-order chi connectivity index (χ0) is 15.9. The number of nitrogens with zero attached hydrogens (tertiary/aromatic N) is 1. The summed E-state index contributed by atoms with van der Waals surface area (Å²) in [6.45, 7) is 2.35. The number of carbonyl (C=O) groups excluding carboxylic acids is 1. The summed E-state index contributed by atoms with van der Waals surface area (Å²) in [4.78, 5) is 15.2. The Kier molecular flexibility index (Phi) is 6.01. The molecule has 0 atom stereocenters. The number of ether oxygens (including phenoxy) is 1. The van der Waals surface area contributed by atoms with Gasteiger partial charge in [-0.15, -0.1) is 0 Å². The molecule has 0 bridgehead atoms. The summed E-state index contributed by atoms with van der Waals surface area (Å²) >= 11 is 0. The summed E-state index contributed by atoms with van der Waals surface area (Å²) < 4.78 is 40.5. The minimum Gasteiger partial charge on any atom is -0.481 e. The van der Waals surface area contributed by atoms with Crippen LogP contribution in [-0.4, -0.2) is 37.3 Å². The molecule has 0 saturated heterocycles. The summed E-state index contributed by atoms with van der Waals surface area (Å²) in [7, 11) is 1.50. The van der Waals surface area contributed by atoms with Gasteiger partial charge in [-0.05, 0) is 13.0 Å². The molecule has 116 valence electrons. The molecule has 0 spiro atoms. The van der Waals surface area contributed by atoms with Gasteiger partial charge in [0.1, 0.15) is 0 Å². The van der Waals surface area contributed by atoms with Crippen LogP contribution >= 0.6 is 0 Å². The first-order valence-electron chi connectivity index (χ1n) is 6.10. The van der Waals surface area contributed by atoms with Gasteiger partial charge in [-0.2, -0.15) is 13.2 Å². The zero-order valence-corrected chi connectivity index (χ0v) is 11.6. The third-order valence-electron chi connectivity index (χ3n) is 2.32. The van der Waals surface area contributed by atoms with Crippen LogP contribution in [0.5, 0.6) is 5.88 Å². The lowest BCUT2D eigenvalue weighted by Gasteiger charge is -2.09. The Bertz CT molecular complexity index is 516. The van der Waals surface area contributed by atoms with Crippen LogP contribution < -0.4 is 15.4 Å². The van der Waals surface area contributed by atoms with Gasteiger partial charge in [-0.3, -0.25) is 4.79 Å². The predicted molar refractivity (Wildman–Crippen MR) is 72.2 cm³/mol. The van der Waals surface area contributed by atoms with Gasteiger partial charge in [0.2, 0.25) is 11.8 Å². The molecule has 21 heavy (non-hydrogen) atoms. The maximum Gasteiger partial charge on any atom is 0.409 e. The van der Waals surface area contributed by atoms with Gasteiger partial charge in [0, 0.05) is 42.7 Å². The molecule has 0 aliphatic carbocycles. The van der Waals surface area contributed by atoms with Crippen LogP contribution in [0.1, 0.15) is 5.69 Å². The van der Waals surface area contributed by atoms with Gasteiger partial charge in [0.25, 0.3) is 0 Å². The number of hydrogen-bond donors (Lipinski definition) is 2. The fourth-order valence-corrected chi connectivity index (χ4v) is 1.47. The number of anilines is 1. The first kappa shape index (κ1) is 16.8. The van der Waals surface area contributed by atoms with Gasteiger partial charge in [-0.1, -0.05) is 0 Å². The molecule has 0 radical (unpaired) electrons. The van der Waals surface area contributed by atoms with E-state index in [9.17, 15) is 18.0 Å². The first-order valence-corrected chi connectivity index (χ1v) is 6.10. The third-order valence-corrected chi connectivity index (χ3v) is 2.32. The summed E-state index contributed by atoms with van der Waals surface area (Å²) in [5.74, 6) is -0.340. The van der Waals surface area contributed by atoms with E-state index in [1.54, 1.807) is 19.1 Å². The number of aromatic nitrogens is 1. The summed E-state index contributed by atoms with van der Waals surface area (Å²) in [5, 5.41) is 5.34. The number of aryl methyl sites for hydroxylation is 1. The monoisotopic (exact) mass is 303 g/mol. The molecule has 1 rings (SSSR count). The quantitative estimate of drug-likeness (QED) is 0.623. The van der Waals surface area contributed by atoms with E-state index in [1.807, 2.05) is 0 Å². The van der Waals surface area contributed by atoms with Crippen LogP contribution in [0.25, 0.3) is 0 Å². The number of alkyl halides is 3. The molecule has 0 aliphatic heterocycles. The number of nitrogens with one attached hydrogen (secondary N) is 2. The van der Waals surface area contributed by atoms with Crippen molar-refractivity contribution in [3.05, 3.63) is 30.0 Å². The number of amides is 1. The SMILES string of the molecule is COc1cc(NCCNC(=O)C=CC(F)(F)F)cc(C)n1. The molecule has 1 aromatic rings. The number of pyridine rings is 1. The molecule has 8 heteroatoms. The van der Waals surface area contributed by atoms with Gasteiger partial charge < -0.3 is 15.4 Å². The van der Waals surface area contributed by atoms with E-state index in [4.69, 9.17) is 4.74 Å². The van der Waals surface area contributed by atoms with E-state index >= 15 is 0 Å². The van der Waals surface area contributed by atoms with Crippen LogP contribution in [0.15, 0.2) is 24.3 Å². The lowest BCUT2D eigenvalue weighted by atomic mass is 10.3. The lowest BCUT2D eigenvalue weighted by molar-refractivity contribution is -0.117. The summed E-state index contributed by atoms with van der Waals surface area (Å²) in [6, 6.07) is 3.46. The normalized spacial score (nSPS) is 11.5. The summed E-state index contributed by atoms with van der Waals surface area (Å²) in [5.41, 5.74) is 1.51. The molecular weight excluding hydrogens is 287 g/mol. The van der Waals surface area contributed by atoms with Gasteiger partial charge in [0.05, 0.1) is 7.11 Å². The van der Waals surface area contributed by atoms with E-state index in [0.717, 1.165) is 11.4 Å². The fraction of sp³-hybridized carbons (Fsp3) is 0.385. The average Bonchev–Trinajstić information content (AvgIpc) is 2.40. The van der Waals surface area contributed by atoms with Gasteiger partial charge in [0.15, 0.2) is 0 Å². The molecule has 5 nitrogen and oxygen atoms in total. The van der Waals surface area contributed by atoms with Crippen molar-refractivity contribution >= 4 is 11.6 Å². The fourth-order valence-electron chi connectivity index (χ4n) is 1.47. The Hall–Kier alpha value is -2.25. The average molecular weight is 303 g/mol. The Morgan fingerprint density at radius 1 is 1.38 bits per heavy atom. The number of hydrogen-bond acceptors (Lipinski definition) is 4. The number of methoxy groups -OCH3 is 1. The Morgan fingerprint density at radius 2 is 2.10 bits per heavy atom. The highest BCUT2D eigenvalue weighted by molar-refractivity contribution is 5.87. The highest BCUT2D eigenvalue weighted by Crippen LogP contribution is 2.16. The van der Waals surface area contributed by atoms with Crippen LogP contribution in [-0.2, 0) is 4.79 Å². The highest BCUT2D eigenvalue weighted by atomic mass is 19.4. The molecular formula is C13H16F3N3O2. The highest BCUT2D eigenvalue weighted by Gasteiger charge is 2.22. The second-order valence-corrected chi connectivity index (χ2v) is 4.13. The van der Waals surface area contributed by atoms with Crippen molar-refractivity contribution in [1.82, 2.24) is 10.3 Å². The number of halogens is 3. The molecule has 0 fully saturated rings. The summed E-state index contributed by atoms with van der Waals surface area (Å²) in [6.07, 6.45) is -4.13. The standard InChI is InChI=1S/C13H16F3N3O2/c1-9-7-10(8-12(19-9)21-2)17-5-6-18-11(20)3-4-13(14,15)16/h3-4,7-8H,5-6H2,1-2H3,(H,17,19)(H,18,20). The zero-order valence-electron chi connectivity index (χ0n) is 11.6. The van der Waals surface area contributed by atoms with E-state index < -0.39 is 12.1 Å². The van der Waals surface area contributed by atoms with Crippen LogP contribution in [0.3, 0.4) is 0 Å². The van der Waals surface area contributed by atoms with Crippen molar-refractivity contribution in [3.8, 4) is 5.88 Å². The Labute approximate surface area is 120 Å². The second kappa shape index (κ2) is 7.51. The van der Waals surface area contributed by atoms with Crippen LogP contribution in [0, 0.1) is 6.92 Å². The van der Waals surface area contributed by atoms with Gasteiger partial charge in [-0.25, -0.2) is 4.98 Å². The number of carbonyl (C=O) groups is 1. The smallest absolute Gasteiger partial charge is 0.409 e. The molecule has 0 aliphatic rings. The van der Waals surface area contributed by atoms with Crippen molar-refractivity contribution < 1.29 is 22.7 Å². The molecule has 0 aromatic carbocycles. The van der Waals surface area contributed by atoms with Crippen molar-refractivity contribution in [2.24, 2.45) is 0 Å². The predicted octanol–water partition coefficient (Wildman–Crippen LogP) is 2.05. The van der Waals surface area contributed by atoms with Crippen LogP contribution in [0.4, 0.5) is 18.9 Å². The van der Waals surface area contributed by atoms with E-state index in [2.05, 4.69) is 15.6 Å². The number of allylic oxidation sites excluding steroid dienone is 1. The van der Waals surface area contributed by atoms with Crippen molar-refractivity contribution in [3.63, 3.8) is 0 Å². The molecule has 1 aromatic heterocycles. The topological polar surface area (TPSA) is 63.2 Å². The largest absolute Gasteiger partial charge is 0.481 e. The van der Waals surface area contributed by atoms with Crippen molar-refractivity contribution in [1.29, 1.82) is 0 Å². The minimum atomic E-state index is -4.49. The molecule has 0 unspecified atom stereocenters. The van der Waals surface area contributed by atoms with E-state index in [1.165, 1.54) is 7.11 Å². The Balaban J connectivity index is 2.36.